The van der Waals surface area contributed by atoms with Gasteiger partial charge in [-0.1, -0.05) is 0 Å². The van der Waals surface area contributed by atoms with Gasteiger partial charge >= 0.3 is 18.1 Å². The first-order chi connectivity index (χ1) is 8.30. The van der Waals surface area contributed by atoms with Crippen LogP contribution in [-0.4, -0.2) is 34.2 Å². The van der Waals surface area contributed by atoms with E-state index in [-0.39, 0.29) is 11.8 Å². The maximum Gasteiger partial charge on any atom is 0.490 e. The first kappa shape index (κ1) is 14.0. The van der Waals surface area contributed by atoms with Gasteiger partial charge in [0.1, 0.15) is 6.26 Å². The molecule has 0 atom stereocenters. The maximum atomic E-state index is 11.1. The second-order valence-corrected chi connectivity index (χ2v) is 3.39. The first-order valence-electron chi connectivity index (χ1n) is 4.81. The fourth-order valence-corrected chi connectivity index (χ4v) is 0.810. The van der Waals surface area contributed by atoms with Gasteiger partial charge in [-0.3, -0.25) is 4.79 Å². The number of halogens is 3. The van der Waals surface area contributed by atoms with Crippen LogP contribution < -0.4 is 5.32 Å². The molecular weight excluding hydrogens is 257 g/mol. The summed E-state index contributed by atoms with van der Waals surface area (Å²) in [5.41, 5.74) is 0. The Labute approximate surface area is 98.8 Å². The first-order valence-corrected chi connectivity index (χ1v) is 4.81. The van der Waals surface area contributed by atoms with Crippen LogP contribution in [0.1, 0.15) is 23.5 Å². The lowest BCUT2D eigenvalue weighted by atomic mass is 10.5. The number of alkyl halides is 3. The Hall–Kier alpha value is -2.06. The number of nitrogens with one attached hydrogen (secondary N) is 1. The molecule has 2 rings (SSSR count). The summed E-state index contributed by atoms with van der Waals surface area (Å²) in [5, 5.41) is 9.89. The average Bonchev–Trinajstić information content (AvgIpc) is 2.90. The molecule has 1 fully saturated rings. The molecule has 0 radical (unpaired) electrons. The monoisotopic (exact) mass is 266 g/mol. The van der Waals surface area contributed by atoms with Crippen LogP contribution in [0.15, 0.2) is 16.9 Å². The minimum atomic E-state index is -5.08. The van der Waals surface area contributed by atoms with E-state index in [1.54, 1.807) is 0 Å². The number of oxazole rings is 1. The van der Waals surface area contributed by atoms with Crippen molar-refractivity contribution in [3.63, 3.8) is 0 Å². The smallest absolute Gasteiger partial charge is 0.475 e. The molecule has 1 aromatic rings. The summed E-state index contributed by atoms with van der Waals surface area (Å²) in [6.45, 7) is 0. The second-order valence-electron chi connectivity index (χ2n) is 3.39. The number of hydrogen-bond donors (Lipinski definition) is 2. The van der Waals surface area contributed by atoms with E-state index in [2.05, 4.69) is 10.3 Å². The number of carbonyl (C=O) groups is 2. The molecule has 0 unspecified atom stereocenters. The maximum absolute atomic E-state index is 11.1. The highest BCUT2D eigenvalue weighted by atomic mass is 19.4. The van der Waals surface area contributed by atoms with Gasteiger partial charge in [0.15, 0.2) is 0 Å². The number of carboxylic acid groups (broad SMARTS) is 1. The normalized spacial score (nSPS) is 14.4. The molecule has 0 bridgehead atoms. The Bertz CT molecular complexity index is 412. The number of hydrogen-bond acceptors (Lipinski definition) is 4. The van der Waals surface area contributed by atoms with Gasteiger partial charge in [0.25, 0.3) is 5.89 Å². The summed E-state index contributed by atoms with van der Waals surface area (Å²) in [7, 11) is 0. The van der Waals surface area contributed by atoms with Gasteiger partial charge in [0, 0.05) is 6.04 Å². The Kier molecular flexibility index (Phi) is 4.29. The Morgan fingerprint density at radius 3 is 2.33 bits per heavy atom. The van der Waals surface area contributed by atoms with E-state index in [0.29, 0.717) is 6.04 Å². The van der Waals surface area contributed by atoms with Crippen molar-refractivity contribution < 1.29 is 32.3 Å². The van der Waals surface area contributed by atoms with Crippen LogP contribution in [0.5, 0.6) is 0 Å². The van der Waals surface area contributed by atoms with Crippen LogP contribution in [0.2, 0.25) is 0 Å². The minimum absolute atomic E-state index is 0.150. The molecule has 1 aromatic heterocycles. The second kappa shape index (κ2) is 5.52. The Morgan fingerprint density at radius 2 is 2.00 bits per heavy atom. The Morgan fingerprint density at radius 1 is 1.44 bits per heavy atom. The van der Waals surface area contributed by atoms with E-state index >= 15 is 0 Å². The highest BCUT2D eigenvalue weighted by Crippen LogP contribution is 2.18. The van der Waals surface area contributed by atoms with Crippen molar-refractivity contribution in [2.45, 2.75) is 25.1 Å². The number of nitrogens with zero attached hydrogens (tertiary/aromatic N) is 1. The largest absolute Gasteiger partial charge is 0.490 e. The predicted octanol–water partition coefficient (Wildman–Crippen LogP) is 1.20. The summed E-state index contributed by atoms with van der Waals surface area (Å²) in [4.78, 5) is 23.7. The molecule has 18 heavy (non-hydrogen) atoms. The van der Waals surface area contributed by atoms with Gasteiger partial charge in [-0.2, -0.15) is 13.2 Å². The third-order valence-electron chi connectivity index (χ3n) is 1.78. The molecule has 1 amide bonds. The fourth-order valence-electron chi connectivity index (χ4n) is 0.810. The standard InChI is InChI=1S/C7H8N2O2.C2HF3O2/c10-6(9-5-1-2-5)7-8-3-4-11-7;3-2(4,5)1(6)7/h3-5H,1-2H2,(H,9,10);(H,6,7). The topological polar surface area (TPSA) is 92.4 Å². The van der Waals surface area contributed by atoms with Crippen molar-refractivity contribution >= 4 is 11.9 Å². The van der Waals surface area contributed by atoms with Crippen molar-refractivity contribution in [2.75, 3.05) is 0 Å². The molecule has 1 aliphatic rings. The molecule has 0 saturated heterocycles. The summed E-state index contributed by atoms with van der Waals surface area (Å²) in [5.74, 6) is -2.82. The van der Waals surface area contributed by atoms with Gasteiger partial charge in [0.05, 0.1) is 6.20 Å². The molecule has 0 aliphatic heterocycles. The number of carbonyl (C=O) groups excluding carboxylic acids is 1. The van der Waals surface area contributed by atoms with Gasteiger partial charge in [-0.05, 0) is 12.8 Å². The average molecular weight is 266 g/mol. The fraction of sp³-hybridized carbons (Fsp3) is 0.444. The van der Waals surface area contributed by atoms with Gasteiger partial charge in [0.2, 0.25) is 0 Å². The van der Waals surface area contributed by atoms with Crippen molar-refractivity contribution in [1.29, 1.82) is 0 Å². The van der Waals surface area contributed by atoms with E-state index in [0.717, 1.165) is 12.8 Å². The third kappa shape index (κ3) is 4.85. The highest BCUT2D eigenvalue weighted by Gasteiger charge is 2.38. The zero-order valence-corrected chi connectivity index (χ0v) is 8.90. The molecule has 0 aromatic carbocycles. The van der Waals surface area contributed by atoms with E-state index in [1.165, 1.54) is 12.5 Å². The lowest BCUT2D eigenvalue weighted by molar-refractivity contribution is -0.192. The molecule has 2 N–H and O–H groups in total. The van der Waals surface area contributed by atoms with Crippen LogP contribution in [-0.2, 0) is 4.79 Å². The van der Waals surface area contributed by atoms with Crippen molar-refractivity contribution in [2.24, 2.45) is 0 Å². The highest BCUT2D eigenvalue weighted by molar-refractivity contribution is 5.89. The van der Waals surface area contributed by atoms with E-state index in [1.807, 2.05) is 0 Å². The Balaban J connectivity index is 0.000000203. The summed E-state index contributed by atoms with van der Waals surface area (Å²) < 4.78 is 36.5. The number of aliphatic carboxylic acids is 1. The molecule has 6 nitrogen and oxygen atoms in total. The van der Waals surface area contributed by atoms with Crippen molar-refractivity contribution in [3.05, 3.63) is 18.4 Å². The third-order valence-corrected chi connectivity index (χ3v) is 1.78. The van der Waals surface area contributed by atoms with Crippen LogP contribution in [0, 0.1) is 0 Å². The molecule has 1 heterocycles. The van der Waals surface area contributed by atoms with Gasteiger partial charge < -0.3 is 14.8 Å². The van der Waals surface area contributed by atoms with E-state index in [4.69, 9.17) is 14.3 Å². The van der Waals surface area contributed by atoms with Crippen LogP contribution in [0.3, 0.4) is 0 Å². The van der Waals surface area contributed by atoms with Crippen molar-refractivity contribution in [3.8, 4) is 0 Å². The van der Waals surface area contributed by atoms with E-state index < -0.39 is 12.1 Å². The lowest BCUT2D eigenvalue weighted by Gasteiger charge is -1.96. The number of amides is 1. The van der Waals surface area contributed by atoms with Gasteiger partial charge in [-0.25, -0.2) is 9.78 Å². The molecule has 1 saturated carbocycles. The zero-order chi connectivity index (χ0) is 13.8. The van der Waals surface area contributed by atoms with Crippen LogP contribution in [0.4, 0.5) is 13.2 Å². The summed E-state index contributed by atoms with van der Waals surface area (Å²) in [6, 6.07) is 0.356. The summed E-state index contributed by atoms with van der Waals surface area (Å²) in [6.07, 6.45) is -0.0808. The molecule has 0 spiro atoms. The van der Waals surface area contributed by atoms with Crippen LogP contribution in [0.25, 0.3) is 0 Å². The quantitative estimate of drug-likeness (QED) is 0.839. The predicted molar refractivity (Wildman–Crippen MR) is 50.7 cm³/mol. The number of carboxylic acids is 1. The minimum Gasteiger partial charge on any atom is -0.475 e. The zero-order valence-electron chi connectivity index (χ0n) is 8.90. The molecule has 1 aliphatic carbocycles. The molecule has 9 heteroatoms. The number of rotatable bonds is 2. The van der Waals surface area contributed by atoms with E-state index in [9.17, 15) is 18.0 Å². The summed E-state index contributed by atoms with van der Waals surface area (Å²) >= 11 is 0. The molecule has 100 valence electrons. The SMILES string of the molecule is O=C(NC1CC1)c1ncco1.O=C(O)C(F)(F)F. The molecular formula is C9H9F3N2O4. The van der Waals surface area contributed by atoms with Crippen molar-refractivity contribution in [1.82, 2.24) is 10.3 Å². The van der Waals surface area contributed by atoms with Gasteiger partial charge in [-0.15, -0.1) is 0 Å². The van der Waals surface area contributed by atoms with Crippen LogP contribution >= 0.6 is 0 Å². The number of aromatic nitrogens is 1. The lowest BCUT2D eigenvalue weighted by Crippen LogP contribution is -2.25.